The Morgan fingerprint density at radius 1 is 1.57 bits per heavy atom. The summed E-state index contributed by atoms with van der Waals surface area (Å²) < 4.78 is 5.18. The maximum atomic E-state index is 11.5. The Hall–Kier alpha value is -0.690. The van der Waals surface area contributed by atoms with Crippen molar-refractivity contribution in [1.82, 2.24) is 4.90 Å². The molecule has 1 amide bonds. The second-order valence-corrected chi connectivity index (χ2v) is 4.59. The second-order valence-electron chi connectivity index (χ2n) is 3.80. The first-order valence-electron chi connectivity index (χ1n) is 4.38. The fourth-order valence-corrected chi connectivity index (χ4v) is 1.20. The summed E-state index contributed by atoms with van der Waals surface area (Å²) in [6.07, 6.45) is 4.78. The van der Waals surface area contributed by atoms with Crippen LogP contribution in [0.2, 0.25) is 0 Å². The molecule has 0 unspecified atom stereocenters. The van der Waals surface area contributed by atoms with Crippen molar-refractivity contribution in [3.63, 3.8) is 0 Å². The number of alkyl halides is 1. The highest BCUT2D eigenvalue weighted by molar-refractivity contribution is 9.09. The lowest BCUT2D eigenvalue weighted by molar-refractivity contribution is 0.0287. The van der Waals surface area contributed by atoms with Gasteiger partial charge in [-0.25, -0.2) is 4.79 Å². The molecule has 0 aliphatic heterocycles. The smallest absolute Gasteiger partial charge is 0.411 e. The van der Waals surface area contributed by atoms with E-state index in [9.17, 15) is 4.79 Å². The minimum absolute atomic E-state index is 0.278. The predicted octanol–water partition coefficient (Wildman–Crippen LogP) is 2.25. The summed E-state index contributed by atoms with van der Waals surface area (Å²) in [5, 5.41) is 0.688. The number of hydrogen-bond acceptors (Lipinski definition) is 2. The van der Waals surface area contributed by atoms with E-state index in [0.29, 0.717) is 11.9 Å². The molecule has 0 radical (unpaired) electrons. The van der Waals surface area contributed by atoms with Crippen molar-refractivity contribution in [2.24, 2.45) is 0 Å². The van der Waals surface area contributed by atoms with Crippen LogP contribution >= 0.6 is 15.9 Å². The molecule has 0 atom stereocenters. The third-order valence-corrected chi connectivity index (χ3v) is 1.64. The van der Waals surface area contributed by atoms with Gasteiger partial charge < -0.3 is 4.74 Å². The van der Waals surface area contributed by atoms with Crippen LogP contribution in [-0.4, -0.2) is 35.0 Å². The Kier molecular flexibility index (Phi) is 5.63. The van der Waals surface area contributed by atoms with Crippen molar-refractivity contribution < 1.29 is 9.53 Å². The average Bonchev–Trinajstić information content (AvgIpc) is 2.01. The fraction of sp³-hybridized carbons (Fsp3) is 0.700. The summed E-state index contributed by atoms with van der Waals surface area (Å²) >= 11 is 3.25. The topological polar surface area (TPSA) is 29.5 Å². The van der Waals surface area contributed by atoms with Crippen molar-refractivity contribution in [2.45, 2.75) is 26.4 Å². The van der Waals surface area contributed by atoms with Crippen LogP contribution in [0.3, 0.4) is 0 Å². The van der Waals surface area contributed by atoms with Crippen LogP contribution in [0.25, 0.3) is 0 Å². The molecule has 0 rings (SSSR count). The minimum atomic E-state index is -0.476. The fourth-order valence-electron chi connectivity index (χ4n) is 0.774. The zero-order valence-corrected chi connectivity index (χ0v) is 10.4. The van der Waals surface area contributed by atoms with Crippen molar-refractivity contribution in [3.8, 4) is 12.3 Å². The van der Waals surface area contributed by atoms with E-state index < -0.39 is 5.60 Å². The summed E-state index contributed by atoms with van der Waals surface area (Å²) in [5.74, 6) is 2.42. The molecule has 0 aromatic rings. The Morgan fingerprint density at radius 3 is 2.50 bits per heavy atom. The molecule has 14 heavy (non-hydrogen) atoms. The molecule has 0 bridgehead atoms. The van der Waals surface area contributed by atoms with E-state index in [4.69, 9.17) is 11.2 Å². The average molecular weight is 262 g/mol. The van der Waals surface area contributed by atoms with Crippen LogP contribution in [0.4, 0.5) is 4.79 Å². The van der Waals surface area contributed by atoms with Crippen LogP contribution in [0.5, 0.6) is 0 Å². The van der Waals surface area contributed by atoms with Gasteiger partial charge in [-0.3, -0.25) is 4.90 Å². The number of ether oxygens (including phenoxy) is 1. The molecule has 4 heteroatoms. The van der Waals surface area contributed by atoms with Crippen LogP contribution in [0.15, 0.2) is 0 Å². The van der Waals surface area contributed by atoms with E-state index >= 15 is 0 Å². The Bertz CT molecular complexity index is 227. The molecule has 0 saturated heterocycles. The number of carbonyl (C=O) groups is 1. The Morgan fingerprint density at radius 2 is 2.14 bits per heavy atom. The lowest BCUT2D eigenvalue weighted by atomic mass is 10.2. The molecule has 0 heterocycles. The molecule has 0 aromatic carbocycles. The lowest BCUT2D eigenvalue weighted by Crippen LogP contribution is -2.38. The zero-order valence-electron chi connectivity index (χ0n) is 8.84. The van der Waals surface area contributed by atoms with Crippen molar-refractivity contribution in [2.75, 3.05) is 18.4 Å². The number of carbonyl (C=O) groups excluding carboxylic acids is 1. The van der Waals surface area contributed by atoms with Gasteiger partial charge in [0.15, 0.2) is 0 Å². The van der Waals surface area contributed by atoms with Gasteiger partial charge in [0.25, 0.3) is 0 Å². The number of nitrogens with zero attached hydrogens (tertiary/aromatic N) is 1. The third-order valence-electron chi connectivity index (χ3n) is 1.29. The van der Waals surface area contributed by atoms with Gasteiger partial charge in [-0.15, -0.1) is 6.42 Å². The quantitative estimate of drug-likeness (QED) is 0.576. The SMILES string of the molecule is C#CCN(CCBr)C(=O)OC(C)(C)C. The monoisotopic (exact) mass is 261 g/mol. The highest BCUT2D eigenvalue weighted by atomic mass is 79.9. The van der Waals surface area contributed by atoms with Crippen LogP contribution in [-0.2, 0) is 4.74 Å². The van der Waals surface area contributed by atoms with E-state index in [0.717, 1.165) is 0 Å². The molecular formula is C10H16BrNO2. The minimum Gasteiger partial charge on any atom is -0.444 e. The van der Waals surface area contributed by atoms with E-state index in [-0.39, 0.29) is 12.6 Å². The zero-order chi connectivity index (χ0) is 11.2. The first-order valence-corrected chi connectivity index (χ1v) is 5.50. The lowest BCUT2D eigenvalue weighted by Gasteiger charge is -2.25. The van der Waals surface area contributed by atoms with E-state index in [1.807, 2.05) is 20.8 Å². The summed E-state index contributed by atoms with van der Waals surface area (Å²) in [6.45, 7) is 6.31. The summed E-state index contributed by atoms with van der Waals surface area (Å²) in [6, 6.07) is 0. The first-order chi connectivity index (χ1) is 6.40. The summed E-state index contributed by atoms with van der Waals surface area (Å²) in [5.41, 5.74) is -0.476. The number of terminal acetylenes is 1. The summed E-state index contributed by atoms with van der Waals surface area (Å²) in [7, 11) is 0. The number of amides is 1. The van der Waals surface area contributed by atoms with Gasteiger partial charge >= 0.3 is 6.09 Å². The molecule has 0 fully saturated rings. The molecule has 0 aromatic heterocycles. The highest BCUT2D eigenvalue weighted by Gasteiger charge is 2.20. The van der Waals surface area contributed by atoms with Crippen LogP contribution in [0, 0.1) is 12.3 Å². The molecule has 0 N–H and O–H groups in total. The molecular weight excluding hydrogens is 246 g/mol. The maximum absolute atomic E-state index is 11.5. The second kappa shape index (κ2) is 5.92. The van der Waals surface area contributed by atoms with Crippen molar-refractivity contribution in [3.05, 3.63) is 0 Å². The Labute approximate surface area is 93.9 Å². The third kappa shape index (κ3) is 5.87. The highest BCUT2D eigenvalue weighted by Crippen LogP contribution is 2.09. The van der Waals surface area contributed by atoms with Gasteiger partial charge in [0.2, 0.25) is 0 Å². The number of rotatable bonds is 3. The van der Waals surface area contributed by atoms with Crippen LogP contribution in [0.1, 0.15) is 20.8 Å². The summed E-state index contributed by atoms with van der Waals surface area (Å²) in [4.78, 5) is 13.0. The van der Waals surface area contributed by atoms with Gasteiger partial charge in [0, 0.05) is 11.9 Å². The number of halogens is 1. The normalized spacial score (nSPS) is 10.5. The first kappa shape index (κ1) is 13.3. The standard InChI is InChI=1S/C10H16BrNO2/c1-5-7-12(8-6-11)9(13)14-10(2,3)4/h1H,6-8H2,2-4H3. The van der Waals surface area contributed by atoms with E-state index in [2.05, 4.69) is 21.9 Å². The van der Waals surface area contributed by atoms with Crippen LogP contribution < -0.4 is 0 Å². The molecule has 0 saturated carbocycles. The van der Waals surface area contributed by atoms with E-state index in [1.54, 1.807) is 0 Å². The Balaban J connectivity index is 4.23. The molecule has 0 aliphatic carbocycles. The van der Waals surface area contributed by atoms with Gasteiger partial charge in [-0.05, 0) is 20.8 Å². The molecule has 80 valence electrons. The van der Waals surface area contributed by atoms with Gasteiger partial charge in [0.1, 0.15) is 5.60 Å². The van der Waals surface area contributed by atoms with E-state index in [1.165, 1.54) is 4.90 Å². The van der Waals surface area contributed by atoms with Gasteiger partial charge in [-0.1, -0.05) is 21.9 Å². The van der Waals surface area contributed by atoms with Gasteiger partial charge in [0.05, 0.1) is 6.54 Å². The molecule has 0 aliphatic rings. The predicted molar refractivity (Wildman–Crippen MR) is 60.4 cm³/mol. The van der Waals surface area contributed by atoms with Gasteiger partial charge in [-0.2, -0.15) is 0 Å². The molecule has 3 nitrogen and oxygen atoms in total. The maximum Gasteiger partial charge on any atom is 0.411 e. The number of hydrogen-bond donors (Lipinski definition) is 0. The van der Waals surface area contributed by atoms with Crippen molar-refractivity contribution >= 4 is 22.0 Å². The largest absolute Gasteiger partial charge is 0.444 e. The van der Waals surface area contributed by atoms with Crippen molar-refractivity contribution in [1.29, 1.82) is 0 Å². The molecule has 0 spiro atoms.